The lowest BCUT2D eigenvalue weighted by Gasteiger charge is -2.32. The van der Waals surface area contributed by atoms with Crippen molar-refractivity contribution in [3.8, 4) is 11.5 Å². The second-order valence-corrected chi connectivity index (χ2v) is 8.98. The molecule has 0 radical (unpaired) electrons. The Morgan fingerprint density at radius 1 is 0.750 bits per heavy atom. The number of halogens is 1. The van der Waals surface area contributed by atoms with Crippen LogP contribution in [0.2, 0.25) is 0 Å². The average Bonchev–Trinajstić information content (AvgIpc) is 2.82. The van der Waals surface area contributed by atoms with E-state index in [-0.39, 0.29) is 5.82 Å². The minimum atomic E-state index is -0.189. The number of ether oxygens (including phenoxy) is 1. The van der Waals surface area contributed by atoms with E-state index in [1.165, 1.54) is 31.2 Å². The molecule has 0 aromatic heterocycles. The third-order valence-corrected chi connectivity index (χ3v) is 6.42. The summed E-state index contributed by atoms with van der Waals surface area (Å²) in [6.45, 7) is 3.49. The van der Waals surface area contributed by atoms with E-state index in [9.17, 15) is 4.39 Å². The van der Waals surface area contributed by atoms with Crippen molar-refractivity contribution in [3.05, 3.63) is 95.8 Å². The van der Waals surface area contributed by atoms with E-state index >= 15 is 0 Å². The number of nitrogens with two attached hydrogens (primary N) is 1. The number of hydrogen-bond acceptors (Lipinski definition) is 3. The molecule has 0 heterocycles. The van der Waals surface area contributed by atoms with Crippen LogP contribution in [-0.2, 0) is 13.1 Å². The third kappa shape index (κ3) is 6.65. The van der Waals surface area contributed by atoms with Crippen molar-refractivity contribution in [1.29, 1.82) is 0 Å². The first-order valence-corrected chi connectivity index (χ1v) is 11.7. The zero-order chi connectivity index (χ0) is 22.2. The summed E-state index contributed by atoms with van der Waals surface area (Å²) in [5.74, 6) is 2.86. The van der Waals surface area contributed by atoms with Gasteiger partial charge in [0.05, 0.1) is 0 Å². The molecule has 0 spiro atoms. The van der Waals surface area contributed by atoms with Crippen LogP contribution in [0.3, 0.4) is 0 Å². The summed E-state index contributed by atoms with van der Waals surface area (Å²) in [7, 11) is 0. The van der Waals surface area contributed by atoms with Crippen LogP contribution >= 0.6 is 0 Å². The molecular weight excluding hydrogens is 399 g/mol. The summed E-state index contributed by atoms with van der Waals surface area (Å²) in [5.41, 5.74) is 8.24. The fourth-order valence-electron chi connectivity index (χ4n) is 4.64. The van der Waals surface area contributed by atoms with Crippen LogP contribution in [0.5, 0.6) is 11.5 Å². The lowest BCUT2D eigenvalue weighted by Crippen LogP contribution is -2.32. The second kappa shape index (κ2) is 11.3. The Hall–Kier alpha value is -2.69. The zero-order valence-electron chi connectivity index (χ0n) is 18.6. The van der Waals surface area contributed by atoms with E-state index in [0.29, 0.717) is 11.8 Å². The molecule has 0 aliphatic heterocycles. The van der Waals surface area contributed by atoms with Gasteiger partial charge >= 0.3 is 0 Å². The second-order valence-electron chi connectivity index (χ2n) is 8.98. The minimum absolute atomic E-state index is 0.189. The number of benzene rings is 3. The van der Waals surface area contributed by atoms with E-state index in [1.807, 2.05) is 48.5 Å². The van der Waals surface area contributed by atoms with E-state index in [1.54, 1.807) is 12.1 Å². The van der Waals surface area contributed by atoms with Crippen molar-refractivity contribution in [2.75, 3.05) is 13.1 Å². The van der Waals surface area contributed by atoms with Crippen LogP contribution in [0.4, 0.5) is 4.39 Å². The molecule has 3 nitrogen and oxygen atoms in total. The fraction of sp³-hybridized carbons (Fsp3) is 0.357. The first-order valence-electron chi connectivity index (χ1n) is 11.7. The Labute approximate surface area is 191 Å². The molecule has 1 fully saturated rings. The SMILES string of the molecule is NCC1CCC(CN(Cc2ccc(F)cc2)Cc2cccc(Oc3ccccc3)c2)CC1. The van der Waals surface area contributed by atoms with Crippen molar-refractivity contribution >= 4 is 0 Å². The summed E-state index contributed by atoms with van der Waals surface area (Å²) in [6, 6.07) is 25.1. The Kier molecular flexibility index (Phi) is 7.92. The van der Waals surface area contributed by atoms with Crippen molar-refractivity contribution in [3.63, 3.8) is 0 Å². The molecule has 1 saturated carbocycles. The van der Waals surface area contributed by atoms with Gasteiger partial charge in [-0.2, -0.15) is 0 Å². The van der Waals surface area contributed by atoms with Crippen LogP contribution in [0.1, 0.15) is 36.8 Å². The molecule has 168 valence electrons. The lowest BCUT2D eigenvalue weighted by molar-refractivity contribution is 0.170. The fourth-order valence-corrected chi connectivity index (χ4v) is 4.64. The summed E-state index contributed by atoms with van der Waals surface area (Å²) in [4.78, 5) is 2.49. The first kappa shape index (κ1) is 22.5. The highest BCUT2D eigenvalue weighted by Gasteiger charge is 2.22. The van der Waals surface area contributed by atoms with Gasteiger partial charge in [0, 0.05) is 19.6 Å². The highest BCUT2D eigenvalue weighted by Crippen LogP contribution is 2.30. The smallest absolute Gasteiger partial charge is 0.127 e. The maximum atomic E-state index is 13.4. The van der Waals surface area contributed by atoms with Crippen LogP contribution in [0.15, 0.2) is 78.9 Å². The van der Waals surface area contributed by atoms with Crippen LogP contribution in [0.25, 0.3) is 0 Å². The highest BCUT2D eigenvalue weighted by molar-refractivity contribution is 5.34. The molecule has 0 atom stereocenters. The van der Waals surface area contributed by atoms with Crippen molar-refractivity contribution in [1.82, 2.24) is 4.90 Å². The van der Waals surface area contributed by atoms with Crippen molar-refractivity contribution < 1.29 is 9.13 Å². The number of rotatable bonds is 9. The predicted molar refractivity (Wildman–Crippen MR) is 128 cm³/mol. The van der Waals surface area contributed by atoms with Gasteiger partial charge in [0.2, 0.25) is 0 Å². The average molecular weight is 433 g/mol. The maximum absolute atomic E-state index is 13.4. The largest absolute Gasteiger partial charge is 0.457 e. The number of hydrogen-bond donors (Lipinski definition) is 1. The molecule has 2 N–H and O–H groups in total. The van der Waals surface area contributed by atoms with Gasteiger partial charge in [0.1, 0.15) is 17.3 Å². The van der Waals surface area contributed by atoms with Crippen LogP contribution < -0.4 is 10.5 Å². The van der Waals surface area contributed by atoms with Gasteiger partial charge < -0.3 is 10.5 Å². The lowest BCUT2D eigenvalue weighted by atomic mass is 9.82. The highest BCUT2D eigenvalue weighted by atomic mass is 19.1. The molecule has 4 heteroatoms. The summed E-state index contributed by atoms with van der Waals surface area (Å²) in [5, 5.41) is 0. The Morgan fingerprint density at radius 2 is 1.41 bits per heavy atom. The standard InChI is InChI=1S/C28H33FN2O/c29-26-15-13-24(14-16-26)20-31(19-23-11-9-22(18-30)10-12-23)21-25-5-4-8-28(17-25)32-27-6-2-1-3-7-27/h1-8,13-17,22-23H,9-12,18-21,30H2. The third-order valence-electron chi connectivity index (χ3n) is 6.42. The van der Waals surface area contributed by atoms with Gasteiger partial charge in [-0.05, 0) is 91.6 Å². The minimum Gasteiger partial charge on any atom is -0.457 e. The summed E-state index contributed by atoms with van der Waals surface area (Å²) >= 11 is 0. The van der Waals surface area contributed by atoms with Crippen molar-refractivity contribution in [2.45, 2.75) is 38.8 Å². The molecule has 0 amide bonds. The van der Waals surface area contributed by atoms with Gasteiger partial charge in [-0.15, -0.1) is 0 Å². The Morgan fingerprint density at radius 3 is 2.12 bits per heavy atom. The zero-order valence-corrected chi connectivity index (χ0v) is 18.6. The molecular formula is C28H33FN2O. The van der Waals surface area contributed by atoms with Gasteiger partial charge in [0.15, 0.2) is 0 Å². The Bertz CT molecular complexity index is 953. The van der Waals surface area contributed by atoms with Gasteiger partial charge in [-0.1, -0.05) is 42.5 Å². The van der Waals surface area contributed by atoms with Gasteiger partial charge in [-0.25, -0.2) is 4.39 Å². The summed E-state index contributed by atoms with van der Waals surface area (Å²) < 4.78 is 19.4. The van der Waals surface area contributed by atoms with Crippen LogP contribution in [0, 0.1) is 17.7 Å². The van der Waals surface area contributed by atoms with Gasteiger partial charge in [-0.3, -0.25) is 4.90 Å². The molecule has 4 rings (SSSR count). The molecule has 1 aliphatic rings. The molecule has 0 bridgehead atoms. The molecule has 3 aromatic carbocycles. The van der Waals surface area contributed by atoms with Gasteiger partial charge in [0.25, 0.3) is 0 Å². The maximum Gasteiger partial charge on any atom is 0.127 e. The van der Waals surface area contributed by atoms with E-state index in [4.69, 9.17) is 10.5 Å². The summed E-state index contributed by atoms with van der Waals surface area (Å²) in [6.07, 6.45) is 4.93. The molecule has 0 unspecified atom stereocenters. The monoisotopic (exact) mass is 432 g/mol. The van der Waals surface area contributed by atoms with E-state index in [2.05, 4.69) is 23.1 Å². The predicted octanol–water partition coefficient (Wildman–Crippen LogP) is 6.39. The topological polar surface area (TPSA) is 38.5 Å². The molecule has 3 aromatic rings. The quantitative estimate of drug-likeness (QED) is 0.426. The number of nitrogens with zero attached hydrogens (tertiary/aromatic N) is 1. The molecule has 1 aliphatic carbocycles. The number of para-hydroxylation sites is 1. The molecule has 0 saturated heterocycles. The first-order chi connectivity index (χ1) is 15.7. The van der Waals surface area contributed by atoms with Crippen molar-refractivity contribution in [2.24, 2.45) is 17.6 Å². The molecule has 32 heavy (non-hydrogen) atoms. The Balaban J connectivity index is 1.45. The normalized spacial score (nSPS) is 18.6. The van der Waals surface area contributed by atoms with Crippen LogP contribution in [-0.4, -0.2) is 18.0 Å². The van der Waals surface area contributed by atoms with E-state index in [0.717, 1.165) is 43.2 Å². The van der Waals surface area contributed by atoms with E-state index < -0.39 is 0 Å².